The van der Waals surface area contributed by atoms with Gasteiger partial charge in [0.25, 0.3) is 12.2 Å². The molecular formula is C42H66N7O12PdS2-. The number of nitro groups is 1. The van der Waals surface area contributed by atoms with Crippen LogP contribution in [0.1, 0.15) is 92.1 Å². The summed E-state index contributed by atoms with van der Waals surface area (Å²) in [4.78, 5) is 43.2. The van der Waals surface area contributed by atoms with Crippen molar-refractivity contribution in [3.63, 3.8) is 0 Å². The van der Waals surface area contributed by atoms with Crippen LogP contribution >= 0.6 is 0 Å². The molecule has 0 spiro atoms. The number of benzene rings is 3. The average molecular weight is 1030 g/mol. The molecule has 3 aromatic carbocycles. The number of esters is 2. The Hall–Kier alpha value is -4.69. The summed E-state index contributed by atoms with van der Waals surface area (Å²) in [5.74, 6) is -0.831. The second kappa shape index (κ2) is 29.0. The Morgan fingerprint density at radius 1 is 0.766 bits per heavy atom. The molecule has 0 atom stereocenters. The number of nitrogens with one attached hydrogen (secondary N) is 3. The Labute approximate surface area is 391 Å². The van der Waals surface area contributed by atoms with Gasteiger partial charge in [-0.15, -0.1) is 0 Å². The zero-order valence-electron chi connectivity index (χ0n) is 36.1. The van der Waals surface area contributed by atoms with E-state index in [2.05, 4.69) is 14.8 Å². The number of carbonyl (C=O) groups is 3. The minimum Gasteiger partial charge on any atom is -0.483 e. The fourth-order valence-corrected chi connectivity index (χ4v) is 9.28. The van der Waals surface area contributed by atoms with Crippen LogP contribution in [0.5, 0.6) is 0 Å². The number of anilines is 3. The number of hydrogen-bond donors (Lipinski definition) is 7. The summed E-state index contributed by atoms with van der Waals surface area (Å²) < 4.78 is 66.4. The van der Waals surface area contributed by atoms with E-state index in [1.807, 2.05) is 44.2 Å². The van der Waals surface area contributed by atoms with Crippen LogP contribution in [-0.4, -0.2) is 69.6 Å². The van der Waals surface area contributed by atoms with Crippen molar-refractivity contribution in [1.82, 2.24) is 15.6 Å². The number of carbonyl (C=O) groups excluding carboxylic acids is 2. The van der Waals surface area contributed by atoms with E-state index in [4.69, 9.17) is 30.8 Å². The third-order valence-corrected chi connectivity index (χ3v) is 12.7. The van der Waals surface area contributed by atoms with Crippen LogP contribution < -0.4 is 32.4 Å². The van der Waals surface area contributed by atoms with Gasteiger partial charge in [-0.25, -0.2) is 26.3 Å². The summed E-state index contributed by atoms with van der Waals surface area (Å²) in [5.41, 5.74) is 12.7. The van der Waals surface area contributed by atoms with Gasteiger partial charge in [0.05, 0.1) is 50.1 Å². The summed E-state index contributed by atoms with van der Waals surface area (Å²) in [6, 6.07) is 16.9. The van der Waals surface area contributed by atoms with Gasteiger partial charge < -0.3 is 44.9 Å². The van der Waals surface area contributed by atoms with Gasteiger partial charge in [0.15, 0.2) is 0 Å². The van der Waals surface area contributed by atoms with Crippen molar-refractivity contribution in [2.24, 2.45) is 11.8 Å². The van der Waals surface area contributed by atoms with Gasteiger partial charge in [0.1, 0.15) is 5.69 Å². The smallest absolute Gasteiger partial charge is 0.309 e. The standard InChI is InChI=1S/C23H29N3O6S.C16H25N3O4S.CH2O2.CH4.CH3.H3N.Pd/c1-16(2)32-23(27)18-8-10-19(11-9-18)25-33(30,31)20-12-13-21(22(14-20)26(28)29)24-15-17-6-4-3-5-7-17;1-10(2)23-16(20)11-3-5-12(6-4-11)19-24(21,22)13-7-8-14(17)15(18)9-13;2-1-3;;;;/h3-7,12-14,16,18-19,24-25H,8-11,15H2,1-2H3;7-12,19H,3-6,17-18H2,1-2H3;1H,(H,2,3);1H4;2*1H3;/q;;;;-1;;. The summed E-state index contributed by atoms with van der Waals surface area (Å²) in [6.45, 7) is 7.33. The molecular weight excluding hydrogens is 965 g/mol. The van der Waals surface area contributed by atoms with Crippen LogP contribution in [0.15, 0.2) is 76.5 Å². The minimum atomic E-state index is -3.95. The van der Waals surface area contributed by atoms with Gasteiger partial charge in [-0.05, 0) is 115 Å². The number of nitrogens with two attached hydrogens (primary N) is 2. The predicted octanol–water partition coefficient (Wildman–Crippen LogP) is 6.58. The first-order chi connectivity index (χ1) is 28.3. The molecule has 0 aromatic heterocycles. The summed E-state index contributed by atoms with van der Waals surface area (Å²) in [7, 11) is -7.61. The van der Waals surface area contributed by atoms with Gasteiger partial charge in [-0.1, -0.05) is 37.8 Å². The van der Waals surface area contributed by atoms with E-state index in [1.165, 1.54) is 30.3 Å². The van der Waals surface area contributed by atoms with Crippen molar-refractivity contribution >= 4 is 61.2 Å². The van der Waals surface area contributed by atoms with Gasteiger partial charge in [0, 0.05) is 45.1 Å². The molecule has 22 heteroatoms. The first-order valence-electron chi connectivity index (χ1n) is 19.5. The molecule has 0 amide bonds. The number of carboxylic acid groups (broad SMARTS) is 1. The van der Waals surface area contributed by atoms with E-state index in [1.54, 1.807) is 13.8 Å². The van der Waals surface area contributed by atoms with Crippen molar-refractivity contribution in [3.8, 4) is 0 Å². The van der Waals surface area contributed by atoms with E-state index in [0.29, 0.717) is 63.6 Å². The predicted molar refractivity (Wildman–Crippen MR) is 244 cm³/mol. The minimum absolute atomic E-state index is 0. The largest absolute Gasteiger partial charge is 0.483 e. The van der Waals surface area contributed by atoms with Gasteiger partial charge >= 0.3 is 11.9 Å². The second-order valence-corrected chi connectivity index (χ2v) is 18.4. The van der Waals surface area contributed by atoms with Crippen molar-refractivity contribution in [2.45, 2.75) is 127 Å². The van der Waals surface area contributed by atoms with Crippen molar-refractivity contribution in [2.75, 3.05) is 16.8 Å². The first kappa shape index (κ1) is 61.4. The molecule has 0 aliphatic heterocycles. The molecule has 5 rings (SSSR count). The maximum Gasteiger partial charge on any atom is 0.309 e. The maximum absolute atomic E-state index is 12.9. The number of nitrogen functional groups attached to an aromatic ring is 2. The molecule has 0 radical (unpaired) electrons. The topological polar surface area (TPSA) is 324 Å². The Morgan fingerprint density at radius 3 is 1.56 bits per heavy atom. The number of nitro benzene ring substituents is 1. The van der Waals surface area contributed by atoms with E-state index in [0.717, 1.165) is 11.6 Å². The van der Waals surface area contributed by atoms with Crippen LogP contribution in [0.2, 0.25) is 0 Å². The van der Waals surface area contributed by atoms with Crippen LogP contribution in [0, 0.1) is 29.4 Å². The van der Waals surface area contributed by atoms with Gasteiger partial charge in [-0.2, -0.15) is 0 Å². The fourth-order valence-electron chi connectivity index (χ4n) is 6.62. The van der Waals surface area contributed by atoms with Crippen LogP contribution in [-0.2, 0) is 70.9 Å². The first-order valence-corrected chi connectivity index (χ1v) is 22.5. The summed E-state index contributed by atoms with van der Waals surface area (Å²) in [6.07, 6.45) is 4.15. The molecule has 2 fully saturated rings. The molecule has 0 bridgehead atoms. The quantitative estimate of drug-likeness (QED) is 0.0170. The molecule has 364 valence electrons. The SMILES string of the molecule is C.CC(C)OC(=O)C1CCC(NS(=O)(=O)c2ccc(N)c(N)c2)CC1.CC(C)OC(=O)C1CCC(NS(=O)(=O)c2ccc(NCc3ccccc3)c([N+](=O)[O-])c2)CC1.N.O=CO.[CH3-].[Pd]. The van der Waals surface area contributed by atoms with Crippen LogP contribution in [0.4, 0.5) is 22.7 Å². The Balaban J connectivity index is 0. The van der Waals surface area contributed by atoms with E-state index in [9.17, 15) is 36.5 Å². The summed E-state index contributed by atoms with van der Waals surface area (Å²) in [5, 5.41) is 21.5. The molecule has 3 aromatic rings. The molecule has 19 nitrogen and oxygen atoms in total. The van der Waals surface area contributed by atoms with Crippen molar-refractivity contribution < 1.29 is 71.1 Å². The zero-order chi connectivity index (χ0) is 44.6. The summed E-state index contributed by atoms with van der Waals surface area (Å²) >= 11 is 0. The van der Waals surface area contributed by atoms with Gasteiger partial charge in [-0.3, -0.25) is 24.5 Å². The van der Waals surface area contributed by atoms with Crippen molar-refractivity contribution in [1.29, 1.82) is 0 Å². The monoisotopic (exact) mass is 1030 g/mol. The Kier molecular flexibility index (Phi) is 27.8. The molecule has 0 saturated heterocycles. The van der Waals surface area contributed by atoms with E-state index in [-0.39, 0.29) is 123 Å². The Morgan fingerprint density at radius 2 is 1.17 bits per heavy atom. The number of rotatable bonds is 14. The zero-order valence-corrected chi connectivity index (χ0v) is 39.3. The Bertz CT molecular complexity index is 2130. The number of nitrogens with zero attached hydrogens (tertiary/aromatic N) is 1. The molecule has 2 aliphatic carbocycles. The molecule has 0 heterocycles. The maximum atomic E-state index is 12.9. The van der Waals surface area contributed by atoms with Crippen molar-refractivity contribution in [3.05, 3.63) is 89.8 Å². The number of sulfonamides is 2. The third-order valence-electron chi connectivity index (χ3n) is 9.64. The number of hydrogen-bond acceptors (Lipinski definition) is 15. The molecule has 0 unspecified atom stereocenters. The molecule has 2 saturated carbocycles. The van der Waals surface area contributed by atoms with Crippen LogP contribution in [0.25, 0.3) is 0 Å². The molecule has 64 heavy (non-hydrogen) atoms. The van der Waals surface area contributed by atoms with E-state index >= 15 is 0 Å². The van der Waals surface area contributed by atoms with Gasteiger partial charge in [0.2, 0.25) is 20.0 Å². The van der Waals surface area contributed by atoms with Crippen LogP contribution in [0.3, 0.4) is 0 Å². The average Bonchev–Trinajstić information content (AvgIpc) is 3.18. The molecule has 2 aliphatic rings. The third kappa shape index (κ3) is 19.6. The normalized spacial score (nSPS) is 17.9. The fraction of sp³-hybridized carbons (Fsp3) is 0.476. The second-order valence-electron chi connectivity index (χ2n) is 15.0. The van der Waals surface area contributed by atoms with E-state index < -0.39 is 25.0 Å². The molecule has 11 N–H and O–H groups in total. The number of ether oxygens (including phenoxy) is 2.